The van der Waals surface area contributed by atoms with Crippen molar-refractivity contribution in [3.05, 3.63) is 65.0 Å². The van der Waals surface area contributed by atoms with Crippen molar-refractivity contribution in [3.8, 4) is 0 Å². The van der Waals surface area contributed by atoms with Crippen LogP contribution < -0.4 is 5.32 Å². The van der Waals surface area contributed by atoms with Gasteiger partial charge >= 0.3 is 0 Å². The molecule has 1 N–H and O–H groups in total. The van der Waals surface area contributed by atoms with Gasteiger partial charge in [-0.15, -0.1) is 0 Å². The standard InChI is InChI=1S/C15H16F2N2/c1-11-3-2-8-19-14(11)10-18-9-12-4-6-13(7-5-12)15(16)17/h2-8,15,18H,9-10H2,1H3. The van der Waals surface area contributed by atoms with Gasteiger partial charge in [-0.3, -0.25) is 4.98 Å². The van der Waals surface area contributed by atoms with Crippen LogP contribution in [0.5, 0.6) is 0 Å². The molecule has 0 fully saturated rings. The first-order valence-electron chi connectivity index (χ1n) is 6.15. The van der Waals surface area contributed by atoms with E-state index in [0.29, 0.717) is 13.1 Å². The molecule has 1 aromatic carbocycles. The monoisotopic (exact) mass is 262 g/mol. The van der Waals surface area contributed by atoms with Gasteiger partial charge in [0.2, 0.25) is 0 Å². The molecule has 0 unspecified atom stereocenters. The molecule has 2 rings (SSSR count). The topological polar surface area (TPSA) is 24.9 Å². The first-order valence-corrected chi connectivity index (χ1v) is 6.15. The highest BCUT2D eigenvalue weighted by molar-refractivity contribution is 5.23. The number of benzene rings is 1. The Hall–Kier alpha value is -1.81. The highest BCUT2D eigenvalue weighted by Gasteiger charge is 2.05. The van der Waals surface area contributed by atoms with Crippen molar-refractivity contribution in [2.75, 3.05) is 0 Å². The second-order valence-corrected chi connectivity index (χ2v) is 4.41. The van der Waals surface area contributed by atoms with Crippen LogP contribution in [0.15, 0.2) is 42.6 Å². The minimum atomic E-state index is -2.40. The zero-order valence-electron chi connectivity index (χ0n) is 10.7. The molecule has 0 amide bonds. The van der Waals surface area contributed by atoms with Crippen LogP contribution in [0.3, 0.4) is 0 Å². The Bertz CT molecular complexity index is 524. The number of hydrogen-bond donors (Lipinski definition) is 1. The molecular weight excluding hydrogens is 246 g/mol. The summed E-state index contributed by atoms with van der Waals surface area (Å²) in [6.45, 7) is 3.32. The van der Waals surface area contributed by atoms with Gasteiger partial charge in [-0.05, 0) is 24.1 Å². The molecule has 0 aliphatic heterocycles. The van der Waals surface area contributed by atoms with E-state index in [1.54, 1.807) is 18.3 Å². The summed E-state index contributed by atoms with van der Waals surface area (Å²) in [5, 5.41) is 3.26. The fourth-order valence-electron chi connectivity index (χ4n) is 1.81. The van der Waals surface area contributed by atoms with Gasteiger partial charge in [-0.25, -0.2) is 8.78 Å². The number of alkyl halides is 2. The third-order valence-electron chi connectivity index (χ3n) is 2.97. The Balaban J connectivity index is 1.87. The molecule has 2 nitrogen and oxygen atoms in total. The third kappa shape index (κ3) is 3.83. The van der Waals surface area contributed by atoms with Crippen molar-refractivity contribution in [1.29, 1.82) is 0 Å². The lowest BCUT2D eigenvalue weighted by atomic mass is 10.1. The van der Waals surface area contributed by atoms with E-state index < -0.39 is 6.43 Å². The molecule has 19 heavy (non-hydrogen) atoms. The van der Waals surface area contributed by atoms with Crippen LogP contribution >= 0.6 is 0 Å². The zero-order valence-corrected chi connectivity index (χ0v) is 10.7. The number of nitrogens with zero attached hydrogens (tertiary/aromatic N) is 1. The lowest BCUT2D eigenvalue weighted by Crippen LogP contribution is -2.14. The van der Waals surface area contributed by atoms with Crippen LogP contribution in [0.4, 0.5) is 8.78 Å². The smallest absolute Gasteiger partial charge is 0.263 e. The molecule has 0 radical (unpaired) electrons. The van der Waals surface area contributed by atoms with Gasteiger partial charge in [-0.1, -0.05) is 30.3 Å². The van der Waals surface area contributed by atoms with E-state index in [0.717, 1.165) is 16.8 Å². The second kappa shape index (κ2) is 6.38. The van der Waals surface area contributed by atoms with Gasteiger partial charge in [0, 0.05) is 24.8 Å². The maximum atomic E-state index is 12.4. The lowest BCUT2D eigenvalue weighted by Gasteiger charge is -2.07. The van der Waals surface area contributed by atoms with E-state index in [1.165, 1.54) is 12.1 Å². The molecule has 0 aliphatic carbocycles. The summed E-state index contributed by atoms with van der Waals surface area (Å²) in [4.78, 5) is 4.29. The Morgan fingerprint density at radius 1 is 1.11 bits per heavy atom. The summed E-state index contributed by atoms with van der Waals surface area (Å²) in [6, 6.07) is 10.3. The molecule has 0 bridgehead atoms. The predicted molar refractivity (Wildman–Crippen MR) is 70.9 cm³/mol. The first-order chi connectivity index (χ1) is 9.16. The maximum Gasteiger partial charge on any atom is 0.263 e. The van der Waals surface area contributed by atoms with Crippen LogP contribution in [0.2, 0.25) is 0 Å². The quantitative estimate of drug-likeness (QED) is 0.890. The molecule has 0 saturated carbocycles. The maximum absolute atomic E-state index is 12.4. The largest absolute Gasteiger partial charge is 0.307 e. The molecule has 100 valence electrons. The van der Waals surface area contributed by atoms with Crippen LogP contribution in [0, 0.1) is 6.92 Å². The summed E-state index contributed by atoms with van der Waals surface area (Å²) >= 11 is 0. The van der Waals surface area contributed by atoms with Crippen LogP contribution in [0.1, 0.15) is 28.8 Å². The number of nitrogens with one attached hydrogen (secondary N) is 1. The molecule has 0 saturated heterocycles. The number of halogens is 2. The van der Waals surface area contributed by atoms with E-state index in [1.807, 2.05) is 19.1 Å². The molecule has 0 spiro atoms. The van der Waals surface area contributed by atoms with Gasteiger partial charge in [0.25, 0.3) is 6.43 Å². The Labute approximate surface area is 111 Å². The van der Waals surface area contributed by atoms with Gasteiger partial charge in [-0.2, -0.15) is 0 Å². The Kier molecular flexibility index (Phi) is 4.58. The fraction of sp³-hybridized carbons (Fsp3) is 0.267. The van der Waals surface area contributed by atoms with Crippen molar-refractivity contribution < 1.29 is 8.78 Å². The molecule has 1 heterocycles. The summed E-state index contributed by atoms with van der Waals surface area (Å²) in [5.41, 5.74) is 3.19. The van der Waals surface area contributed by atoms with E-state index in [4.69, 9.17) is 0 Å². The molecule has 4 heteroatoms. The van der Waals surface area contributed by atoms with E-state index >= 15 is 0 Å². The van der Waals surface area contributed by atoms with Crippen LogP contribution in [0.25, 0.3) is 0 Å². The van der Waals surface area contributed by atoms with Crippen molar-refractivity contribution in [3.63, 3.8) is 0 Å². The van der Waals surface area contributed by atoms with Crippen molar-refractivity contribution in [2.45, 2.75) is 26.4 Å². The molecular formula is C15H16F2N2. The average molecular weight is 262 g/mol. The van der Waals surface area contributed by atoms with Crippen molar-refractivity contribution in [2.24, 2.45) is 0 Å². The number of rotatable bonds is 5. The third-order valence-corrected chi connectivity index (χ3v) is 2.97. The minimum absolute atomic E-state index is 0.0596. The van der Waals surface area contributed by atoms with Crippen molar-refractivity contribution in [1.82, 2.24) is 10.3 Å². The number of hydrogen-bond acceptors (Lipinski definition) is 2. The fourth-order valence-corrected chi connectivity index (χ4v) is 1.81. The normalized spacial score (nSPS) is 10.9. The SMILES string of the molecule is Cc1cccnc1CNCc1ccc(C(F)F)cc1. The summed E-state index contributed by atoms with van der Waals surface area (Å²) in [6.07, 6.45) is -0.639. The Morgan fingerprint density at radius 2 is 1.84 bits per heavy atom. The molecule has 2 aromatic rings. The predicted octanol–water partition coefficient (Wildman–Crippen LogP) is 3.62. The summed E-state index contributed by atoms with van der Waals surface area (Å²) in [5.74, 6) is 0. The van der Waals surface area contributed by atoms with Gasteiger partial charge < -0.3 is 5.32 Å². The molecule has 0 atom stereocenters. The average Bonchev–Trinajstić information content (AvgIpc) is 2.41. The molecule has 0 aliphatic rings. The highest BCUT2D eigenvalue weighted by atomic mass is 19.3. The van der Waals surface area contributed by atoms with E-state index in [-0.39, 0.29) is 5.56 Å². The van der Waals surface area contributed by atoms with Gasteiger partial charge in [0.1, 0.15) is 0 Å². The summed E-state index contributed by atoms with van der Waals surface area (Å²) < 4.78 is 24.8. The number of aromatic nitrogens is 1. The van der Waals surface area contributed by atoms with Crippen molar-refractivity contribution >= 4 is 0 Å². The van der Waals surface area contributed by atoms with E-state index in [2.05, 4.69) is 10.3 Å². The van der Waals surface area contributed by atoms with Crippen LogP contribution in [-0.4, -0.2) is 4.98 Å². The van der Waals surface area contributed by atoms with Gasteiger partial charge in [0.05, 0.1) is 5.69 Å². The first kappa shape index (κ1) is 13.6. The minimum Gasteiger partial charge on any atom is -0.307 e. The van der Waals surface area contributed by atoms with Crippen LogP contribution in [-0.2, 0) is 13.1 Å². The second-order valence-electron chi connectivity index (χ2n) is 4.41. The van der Waals surface area contributed by atoms with E-state index in [9.17, 15) is 8.78 Å². The number of aryl methyl sites for hydroxylation is 1. The lowest BCUT2D eigenvalue weighted by molar-refractivity contribution is 0.151. The zero-order chi connectivity index (χ0) is 13.7. The summed E-state index contributed by atoms with van der Waals surface area (Å²) in [7, 11) is 0. The van der Waals surface area contributed by atoms with Gasteiger partial charge in [0.15, 0.2) is 0 Å². The Morgan fingerprint density at radius 3 is 2.47 bits per heavy atom. The molecule has 1 aromatic heterocycles. The highest BCUT2D eigenvalue weighted by Crippen LogP contribution is 2.18. The number of pyridine rings is 1.